The Labute approximate surface area is 93.4 Å². The molecule has 0 radical (unpaired) electrons. The lowest BCUT2D eigenvalue weighted by Crippen LogP contribution is -2.02. The fraction of sp³-hybridized carbons (Fsp3) is 0.167. The van der Waals surface area contributed by atoms with Crippen molar-refractivity contribution in [1.82, 2.24) is 0 Å². The Morgan fingerprint density at radius 1 is 1.56 bits per heavy atom. The van der Waals surface area contributed by atoms with E-state index in [0.717, 1.165) is 5.56 Å². The van der Waals surface area contributed by atoms with Crippen LogP contribution >= 0.6 is 0 Å². The zero-order chi connectivity index (χ0) is 12.1. The van der Waals surface area contributed by atoms with Crippen molar-refractivity contribution in [3.8, 4) is 11.8 Å². The number of aryl methyl sites for hydroxylation is 1. The Bertz CT molecular complexity index is 484. The maximum atomic E-state index is 11.2. The van der Waals surface area contributed by atoms with Crippen LogP contribution in [0.2, 0.25) is 0 Å². The number of phenolic OH excluding ortho intramolecular Hbond substituents is 1. The molecule has 0 unspecified atom stereocenters. The molecule has 0 aromatic heterocycles. The summed E-state index contributed by atoms with van der Waals surface area (Å²) in [4.78, 5) is 11.2. The van der Waals surface area contributed by atoms with Crippen molar-refractivity contribution in [2.45, 2.75) is 6.92 Å². The monoisotopic (exact) mass is 217 g/mol. The molecule has 0 heterocycles. The summed E-state index contributed by atoms with van der Waals surface area (Å²) in [6, 6.07) is 6.44. The second kappa shape index (κ2) is 4.99. The van der Waals surface area contributed by atoms with Crippen molar-refractivity contribution in [3.63, 3.8) is 0 Å². The van der Waals surface area contributed by atoms with E-state index in [1.54, 1.807) is 25.1 Å². The molecule has 0 fully saturated rings. The van der Waals surface area contributed by atoms with Crippen molar-refractivity contribution in [3.05, 3.63) is 34.9 Å². The Hall–Kier alpha value is -2.28. The molecule has 0 aliphatic carbocycles. The third-order valence-corrected chi connectivity index (χ3v) is 2.08. The summed E-state index contributed by atoms with van der Waals surface area (Å²) in [6.45, 7) is 1.78. The largest absolute Gasteiger partial charge is 0.508 e. The number of methoxy groups -OCH3 is 1. The summed E-state index contributed by atoms with van der Waals surface area (Å²) in [5.41, 5.74) is 1.40. The fourth-order valence-corrected chi connectivity index (χ4v) is 1.22. The number of ether oxygens (including phenoxy) is 1. The van der Waals surface area contributed by atoms with Crippen molar-refractivity contribution in [2.24, 2.45) is 0 Å². The van der Waals surface area contributed by atoms with Crippen LogP contribution in [-0.4, -0.2) is 18.2 Å². The van der Waals surface area contributed by atoms with Gasteiger partial charge in [-0.05, 0) is 36.3 Å². The Morgan fingerprint density at radius 2 is 2.25 bits per heavy atom. The molecule has 0 saturated heterocycles. The van der Waals surface area contributed by atoms with Crippen LogP contribution in [0.15, 0.2) is 23.8 Å². The number of rotatable bonds is 2. The van der Waals surface area contributed by atoms with Gasteiger partial charge in [-0.15, -0.1) is 0 Å². The highest BCUT2D eigenvalue weighted by atomic mass is 16.5. The Morgan fingerprint density at radius 3 is 2.75 bits per heavy atom. The number of hydrogen-bond acceptors (Lipinski definition) is 4. The molecule has 1 N–H and O–H groups in total. The number of carbonyl (C=O) groups excluding carboxylic acids is 1. The first-order valence-corrected chi connectivity index (χ1v) is 4.58. The molecule has 16 heavy (non-hydrogen) atoms. The smallest absolute Gasteiger partial charge is 0.348 e. The van der Waals surface area contributed by atoms with E-state index in [4.69, 9.17) is 5.26 Å². The van der Waals surface area contributed by atoms with Gasteiger partial charge in [0.2, 0.25) is 0 Å². The lowest BCUT2D eigenvalue weighted by Gasteiger charge is -2.02. The summed E-state index contributed by atoms with van der Waals surface area (Å²) in [7, 11) is 1.22. The highest BCUT2D eigenvalue weighted by molar-refractivity contribution is 5.97. The average Bonchev–Trinajstić information content (AvgIpc) is 2.27. The van der Waals surface area contributed by atoms with Gasteiger partial charge >= 0.3 is 5.97 Å². The van der Waals surface area contributed by atoms with Crippen LogP contribution in [0.1, 0.15) is 11.1 Å². The van der Waals surface area contributed by atoms with Gasteiger partial charge in [0.1, 0.15) is 17.4 Å². The first-order valence-electron chi connectivity index (χ1n) is 4.58. The van der Waals surface area contributed by atoms with Crippen LogP contribution in [0.5, 0.6) is 5.75 Å². The third kappa shape index (κ3) is 2.61. The normalized spacial score (nSPS) is 10.7. The molecule has 0 amide bonds. The van der Waals surface area contributed by atoms with Gasteiger partial charge in [0, 0.05) is 0 Å². The van der Waals surface area contributed by atoms with Gasteiger partial charge in [0.15, 0.2) is 0 Å². The summed E-state index contributed by atoms with van der Waals surface area (Å²) < 4.78 is 4.46. The lowest BCUT2D eigenvalue weighted by atomic mass is 10.1. The minimum atomic E-state index is -0.671. The Balaban J connectivity index is 3.15. The molecular weight excluding hydrogens is 206 g/mol. The zero-order valence-electron chi connectivity index (χ0n) is 9.02. The first kappa shape index (κ1) is 11.8. The van der Waals surface area contributed by atoms with Gasteiger partial charge in [-0.2, -0.15) is 5.26 Å². The molecule has 0 bridgehead atoms. The second-order valence-electron chi connectivity index (χ2n) is 3.20. The van der Waals surface area contributed by atoms with Crippen LogP contribution in [0.3, 0.4) is 0 Å². The van der Waals surface area contributed by atoms with Gasteiger partial charge in [-0.1, -0.05) is 6.07 Å². The molecule has 82 valence electrons. The number of aromatic hydroxyl groups is 1. The zero-order valence-corrected chi connectivity index (χ0v) is 9.02. The van der Waals surface area contributed by atoms with Crippen LogP contribution in [0, 0.1) is 18.3 Å². The molecule has 4 heteroatoms. The average molecular weight is 217 g/mol. The number of nitriles is 1. The molecule has 0 aliphatic rings. The minimum Gasteiger partial charge on any atom is -0.508 e. The summed E-state index contributed by atoms with van der Waals surface area (Å²) >= 11 is 0. The van der Waals surface area contributed by atoms with Gasteiger partial charge < -0.3 is 9.84 Å². The van der Waals surface area contributed by atoms with E-state index in [0.29, 0.717) is 5.56 Å². The number of esters is 1. The number of phenols is 1. The highest BCUT2D eigenvalue weighted by Gasteiger charge is 2.09. The molecule has 1 rings (SSSR count). The predicted molar refractivity (Wildman–Crippen MR) is 58.4 cm³/mol. The van der Waals surface area contributed by atoms with Crippen LogP contribution in [-0.2, 0) is 9.53 Å². The van der Waals surface area contributed by atoms with E-state index >= 15 is 0 Å². The minimum absolute atomic E-state index is 0.0729. The molecule has 0 aliphatic heterocycles. The van der Waals surface area contributed by atoms with Gasteiger partial charge in [0.25, 0.3) is 0 Å². The van der Waals surface area contributed by atoms with E-state index in [2.05, 4.69) is 4.74 Å². The number of hydrogen-bond donors (Lipinski definition) is 1. The Kier molecular flexibility index (Phi) is 3.67. The predicted octanol–water partition coefficient (Wildman–Crippen LogP) is 1.78. The molecule has 1 aromatic rings. The molecule has 0 saturated carbocycles. The van der Waals surface area contributed by atoms with Crippen LogP contribution in [0.25, 0.3) is 6.08 Å². The van der Waals surface area contributed by atoms with Crippen molar-refractivity contribution >= 4 is 12.0 Å². The quantitative estimate of drug-likeness (QED) is 0.465. The summed E-state index contributed by atoms with van der Waals surface area (Å²) in [5.74, 6) is -0.527. The SMILES string of the molecule is COC(=O)C(C#N)=Cc1ccc(O)cc1C. The van der Waals surface area contributed by atoms with E-state index in [1.165, 1.54) is 19.3 Å². The topological polar surface area (TPSA) is 70.3 Å². The van der Waals surface area contributed by atoms with Crippen molar-refractivity contribution in [1.29, 1.82) is 5.26 Å². The van der Waals surface area contributed by atoms with E-state index in [9.17, 15) is 9.90 Å². The molecule has 4 nitrogen and oxygen atoms in total. The maximum absolute atomic E-state index is 11.2. The second-order valence-corrected chi connectivity index (χ2v) is 3.20. The number of carbonyl (C=O) groups is 1. The summed E-state index contributed by atoms with van der Waals surface area (Å²) in [5, 5.41) is 18.0. The molecular formula is C12H11NO3. The van der Waals surface area contributed by atoms with E-state index in [1.807, 2.05) is 0 Å². The molecule has 0 spiro atoms. The lowest BCUT2D eigenvalue weighted by molar-refractivity contribution is -0.135. The highest BCUT2D eigenvalue weighted by Crippen LogP contribution is 2.18. The number of benzene rings is 1. The van der Waals surface area contributed by atoms with Gasteiger partial charge in [-0.3, -0.25) is 0 Å². The number of nitrogens with zero attached hydrogens (tertiary/aromatic N) is 1. The molecule has 0 atom stereocenters. The summed E-state index contributed by atoms with van der Waals surface area (Å²) in [6.07, 6.45) is 1.43. The van der Waals surface area contributed by atoms with Crippen molar-refractivity contribution in [2.75, 3.05) is 7.11 Å². The standard InChI is InChI=1S/C12H11NO3/c1-8-5-11(14)4-3-9(8)6-10(7-13)12(15)16-2/h3-6,14H,1-2H3. The molecule has 1 aromatic carbocycles. The maximum Gasteiger partial charge on any atom is 0.348 e. The van der Waals surface area contributed by atoms with Crippen LogP contribution in [0.4, 0.5) is 0 Å². The van der Waals surface area contributed by atoms with E-state index in [-0.39, 0.29) is 11.3 Å². The fourth-order valence-electron chi connectivity index (χ4n) is 1.22. The first-order chi connectivity index (χ1) is 7.58. The van der Waals surface area contributed by atoms with Crippen molar-refractivity contribution < 1.29 is 14.6 Å². The van der Waals surface area contributed by atoms with Gasteiger partial charge in [-0.25, -0.2) is 4.79 Å². The van der Waals surface area contributed by atoms with Crippen LogP contribution < -0.4 is 0 Å². The van der Waals surface area contributed by atoms with E-state index < -0.39 is 5.97 Å². The third-order valence-electron chi connectivity index (χ3n) is 2.08. The van der Waals surface area contributed by atoms with Gasteiger partial charge in [0.05, 0.1) is 7.11 Å².